The van der Waals surface area contributed by atoms with Gasteiger partial charge >= 0.3 is 0 Å². The van der Waals surface area contributed by atoms with E-state index in [1.165, 1.54) is 5.56 Å². The molecule has 1 aliphatic heterocycles. The number of hydrogen-bond acceptors (Lipinski definition) is 3. The molecule has 0 spiro atoms. The molecule has 1 amide bonds. The highest BCUT2D eigenvalue weighted by Gasteiger charge is 2.31. The van der Waals surface area contributed by atoms with Crippen LogP contribution >= 0.6 is 0 Å². The zero-order valence-electron chi connectivity index (χ0n) is 17.2. The Bertz CT molecular complexity index is 1020. The van der Waals surface area contributed by atoms with Crippen LogP contribution in [-0.2, 0) is 0 Å². The number of pyridine rings is 1. The van der Waals surface area contributed by atoms with Gasteiger partial charge in [0.15, 0.2) is 0 Å². The van der Waals surface area contributed by atoms with Gasteiger partial charge in [0, 0.05) is 23.4 Å². The topological polar surface area (TPSA) is 42.4 Å². The number of benzene rings is 2. The van der Waals surface area contributed by atoms with E-state index in [-0.39, 0.29) is 11.9 Å². The van der Waals surface area contributed by atoms with Crippen molar-refractivity contribution in [1.29, 1.82) is 0 Å². The number of carbonyl (C=O) groups excluding carboxylic acids is 1. The maximum absolute atomic E-state index is 13.4. The van der Waals surface area contributed by atoms with Crippen molar-refractivity contribution < 1.29 is 9.53 Å². The minimum Gasteiger partial charge on any atom is -0.497 e. The molecule has 2 aromatic carbocycles. The summed E-state index contributed by atoms with van der Waals surface area (Å²) in [5.74, 6) is 0.895. The lowest BCUT2D eigenvalue weighted by Gasteiger charge is -2.25. The Balaban J connectivity index is 1.63. The summed E-state index contributed by atoms with van der Waals surface area (Å²) in [6.45, 7) is 4.83. The number of aryl methyl sites for hydroxylation is 2. The Kier molecular flexibility index (Phi) is 5.34. The third kappa shape index (κ3) is 4.02. The van der Waals surface area contributed by atoms with Crippen LogP contribution in [0.4, 0.5) is 0 Å². The number of carbonyl (C=O) groups is 1. The van der Waals surface area contributed by atoms with Gasteiger partial charge < -0.3 is 9.64 Å². The van der Waals surface area contributed by atoms with Crippen LogP contribution in [0.5, 0.6) is 5.75 Å². The lowest BCUT2D eigenvalue weighted by atomic mass is 10.0. The predicted octanol–water partition coefficient (Wildman–Crippen LogP) is 5.35. The largest absolute Gasteiger partial charge is 0.497 e. The SMILES string of the molecule is COc1cccc(C2CCCN2C(=O)c2cccc(-c3cc(C)cc(C)n3)c2)c1. The second-order valence-electron chi connectivity index (χ2n) is 7.69. The van der Waals surface area contributed by atoms with Gasteiger partial charge in [0.2, 0.25) is 0 Å². The molecule has 2 heterocycles. The fourth-order valence-electron chi connectivity index (χ4n) is 4.17. The normalized spacial score (nSPS) is 16.1. The standard InChI is InChI=1S/C25H26N2O2/c1-17-13-18(2)26-23(14-17)19-7-4-9-21(15-19)25(28)27-12-6-11-24(27)20-8-5-10-22(16-20)29-3/h4-5,7-10,13-16,24H,6,11-12H2,1-3H3. The lowest BCUT2D eigenvalue weighted by Crippen LogP contribution is -2.30. The van der Waals surface area contributed by atoms with Crippen molar-refractivity contribution in [3.8, 4) is 17.0 Å². The Morgan fingerprint density at radius 1 is 1.07 bits per heavy atom. The highest BCUT2D eigenvalue weighted by molar-refractivity contribution is 5.95. The zero-order valence-corrected chi connectivity index (χ0v) is 17.2. The molecule has 0 bridgehead atoms. The lowest BCUT2D eigenvalue weighted by molar-refractivity contribution is 0.0735. The van der Waals surface area contributed by atoms with Crippen molar-refractivity contribution in [2.24, 2.45) is 0 Å². The summed E-state index contributed by atoms with van der Waals surface area (Å²) in [6, 6.07) is 20.1. The van der Waals surface area contributed by atoms with Crippen LogP contribution in [0.1, 0.15) is 46.1 Å². The predicted molar refractivity (Wildman–Crippen MR) is 115 cm³/mol. The van der Waals surface area contributed by atoms with Gasteiger partial charge in [-0.3, -0.25) is 9.78 Å². The number of ether oxygens (including phenoxy) is 1. The van der Waals surface area contributed by atoms with Gasteiger partial charge in [-0.1, -0.05) is 24.3 Å². The number of aromatic nitrogens is 1. The Morgan fingerprint density at radius 3 is 2.69 bits per heavy atom. The van der Waals surface area contributed by atoms with Gasteiger partial charge in [0.1, 0.15) is 5.75 Å². The molecule has 1 aromatic heterocycles. The monoisotopic (exact) mass is 386 g/mol. The highest BCUT2D eigenvalue weighted by Crippen LogP contribution is 2.35. The molecule has 0 saturated carbocycles. The van der Waals surface area contributed by atoms with E-state index in [9.17, 15) is 4.79 Å². The third-order valence-corrected chi connectivity index (χ3v) is 5.50. The summed E-state index contributed by atoms with van der Waals surface area (Å²) in [5.41, 5.74) is 5.86. The molecule has 3 aromatic rings. The summed E-state index contributed by atoms with van der Waals surface area (Å²) < 4.78 is 5.37. The molecule has 1 aliphatic rings. The second kappa shape index (κ2) is 8.08. The number of hydrogen-bond donors (Lipinski definition) is 0. The van der Waals surface area contributed by atoms with Crippen LogP contribution in [0.3, 0.4) is 0 Å². The molecule has 29 heavy (non-hydrogen) atoms. The summed E-state index contributed by atoms with van der Waals surface area (Å²) in [5, 5.41) is 0. The summed E-state index contributed by atoms with van der Waals surface area (Å²) in [6.07, 6.45) is 1.98. The number of amides is 1. The van der Waals surface area contributed by atoms with Gasteiger partial charge in [-0.25, -0.2) is 0 Å². The number of likely N-dealkylation sites (tertiary alicyclic amines) is 1. The summed E-state index contributed by atoms with van der Waals surface area (Å²) >= 11 is 0. The average molecular weight is 386 g/mol. The van der Waals surface area contributed by atoms with Crippen LogP contribution in [0, 0.1) is 13.8 Å². The molecule has 1 unspecified atom stereocenters. The molecule has 4 nitrogen and oxygen atoms in total. The molecule has 1 fully saturated rings. The first kappa shape index (κ1) is 19.2. The zero-order chi connectivity index (χ0) is 20.4. The van der Waals surface area contributed by atoms with Gasteiger partial charge in [0.05, 0.1) is 18.8 Å². The maximum Gasteiger partial charge on any atom is 0.254 e. The van der Waals surface area contributed by atoms with E-state index in [2.05, 4.69) is 30.1 Å². The Labute approximate surface area is 172 Å². The first-order valence-corrected chi connectivity index (χ1v) is 10.1. The molecular formula is C25H26N2O2. The minimum atomic E-state index is 0.0709. The van der Waals surface area contributed by atoms with Crippen molar-refractivity contribution >= 4 is 5.91 Å². The number of rotatable bonds is 4. The van der Waals surface area contributed by atoms with E-state index in [1.807, 2.05) is 54.3 Å². The quantitative estimate of drug-likeness (QED) is 0.607. The van der Waals surface area contributed by atoms with Crippen LogP contribution in [0.25, 0.3) is 11.3 Å². The van der Waals surface area contributed by atoms with E-state index >= 15 is 0 Å². The molecular weight excluding hydrogens is 360 g/mol. The fourth-order valence-corrected chi connectivity index (χ4v) is 4.17. The first-order chi connectivity index (χ1) is 14.0. The molecule has 148 valence electrons. The van der Waals surface area contributed by atoms with E-state index in [0.717, 1.165) is 47.7 Å². The Hall–Kier alpha value is -3.14. The van der Waals surface area contributed by atoms with Gasteiger partial charge in [-0.15, -0.1) is 0 Å². The van der Waals surface area contributed by atoms with E-state index in [1.54, 1.807) is 7.11 Å². The second-order valence-corrected chi connectivity index (χ2v) is 7.69. The van der Waals surface area contributed by atoms with E-state index in [4.69, 9.17) is 4.74 Å². The minimum absolute atomic E-state index is 0.0709. The third-order valence-electron chi connectivity index (χ3n) is 5.50. The molecule has 4 rings (SSSR count). The number of methoxy groups -OCH3 is 1. The van der Waals surface area contributed by atoms with Crippen molar-refractivity contribution in [3.05, 3.63) is 83.0 Å². The van der Waals surface area contributed by atoms with Crippen LogP contribution in [0.15, 0.2) is 60.7 Å². The summed E-state index contributed by atoms with van der Waals surface area (Å²) in [7, 11) is 1.67. The first-order valence-electron chi connectivity index (χ1n) is 10.1. The van der Waals surface area contributed by atoms with Gasteiger partial charge in [0.25, 0.3) is 5.91 Å². The molecule has 0 aliphatic carbocycles. The van der Waals surface area contributed by atoms with E-state index < -0.39 is 0 Å². The fraction of sp³-hybridized carbons (Fsp3) is 0.280. The van der Waals surface area contributed by atoms with Crippen molar-refractivity contribution in [3.63, 3.8) is 0 Å². The van der Waals surface area contributed by atoms with Gasteiger partial charge in [-0.05, 0) is 74.2 Å². The summed E-state index contributed by atoms with van der Waals surface area (Å²) in [4.78, 5) is 20.0. The molecule has 1 saturated heterocycles. The maximum atomic E-state index is 13.4. The van der Waals surface area contributed by atoms with Crippen molar-refractivity contribution in [2.75, 3.05) is 13.7 Å². The van der Waals surface area contributed by atoms with Crippen LogP contribution in [-0.4, -0.2) is 29.4 Å². The molecule has 0 radical (unpaired) electrons. The van der Waals surface area contributed by atoms with Crippen LogP contribution in [0.2, 0.25) is 0 Å². The highest BCUT2D eigenvalue weighted by atomic mass is 16.5. The van der Waals surface area contributed by atoms with Crippen LogP contribution < -0.4 is 4.74 Å². The Morgan fingerprint density at radius 2 is 1.90 bits per heavy atom. The molecule has 0 N–H and O–H groups in total. The van der Waals surface area contributed by atoms with Crippen molar-refractivity contribution in [1.82, 2.24) is 9.88 Å². The average Bonchev–Trinajstić information content (AvgIpc) is 3.22. The van der Waals surface area contributed by atoms with Gasteiger partial charge in [-0.2, -0.15) is 0 Å². The van der Waals surface area contributed by atoms with Crippen molar-refractivity contribution in [2.45, 2.75) is 32.7 Å². The van der Waals surface area contributed by atoms with E-state index in [0.29, 0.717) is 5.56 Å². The number of nitrogens with zero attached hydrogens (tertiary/aromatic N) is 2. The molecule has 1 atom stereocenters. The molecule has 4 heteroatoms. The smallest absolute Gasteiger partial charge is 0.254 e.